The van der Waals surface area contributed by atoms with Gasteiger partial charge in [0.2, 0.25) is 5.91 Å². The SMILES string of the molecule is O=C(NC1CCCCCC1)C1(c2ccccc2F)CCC1. The van der Waals surface area contributed by atoms with Gasteiger partial charge in [-0.1, -0.05) is 50.3 Å². The smallest absolute Gasteiger partial charge is 0.230 e. The Morgan fingerprint density at radius 3 is 2.29 bits per heavy atom. The fourth-order valence-electron chi connectivity index (χ4n) is 3.75. The molecule has 1 N–H and O–H groups in total. The van der Waals surface area contributed by atoms with E-state index in [0.717, 1.165) is 32.1 Å². The first-order chi connectivity index (χ1) is 10.2. The molecule has 2 nitrogen and oxygen atoms in total. The fourth-order valence-corrected chi connectivity index (χ4v) is 3.75. The maximum Gasteiger partial charge on any atom is 0.230 e. The van der Waals surface area contributed by atoms with Gasteiger partial charge in [-0.2, -0.15) is 0 Å². The van der Waals surface area contributed by atoms with Crippen molar-refractivity contribution in [1.29, 1.82) is 0 Å². The maximum atomic E-state index is 14.1. The third-order valence-corrected chi connectivity index (χ3v) is 5.22. The van der Waals surface area contributed by atoms with E-state index in [1.54, 1.807) is 12.1 Å². The van der Waals surface area contributed by atoms with Crippen molar-refractivity contribution in [3.63, 3.8) is 0 Å². The van der Waals surface area contributed by atoms with Crippen LogP contribution in [-0.2, 0) is 10.2 Å². The van der Waals surface area contributed by atoms with Gasteiger partial charge in [0.15, 0.2) is 0 Å². The molecule has 0 aromatic heterocycles. The minimum Gasteiger partial charge on any atom is -0.353 e. The number of carbonyl (C=O) groups is 1. The van der Waals surface area contributed by atoms with Crippen LogP contribution in [0.3, 0.4) is 0 Å². The van der Waals surface area contributed by atoms with Crippen molar-refractivity contribution in [1.82, 2.24) is 5.32 Å². The molecule has 0 saturated heterocycles. The lowest BCUT2D eigenvalue weighted by Crippen LogP contribution is -2.52. The summed E-state index contributed by atoms with van der Waals surface area (Å²) in [6.07, 6.45) is 9.61. The molecule has 1 aromatic carbocycles. The van der Waals surface area contributed by atoms with Gasteiger partial charge < -0.3 is 5.32 Å². The minimum atomic E-state index is -0.613. The number of nitrogens with one attached hydrogen (secondary N) is 1. The monoisotopic (exact) mass is 289 g/mol. The van der Waals surface area contributed by atoms with Crippen LogP contribution in [0.1, 0.15) is 63.4 Å². The lowest BCUT2D eigenvalue weighted by molar-refractivity contribution is -0.130. The second kappa shape index (κ2) is 6.17. The first kappa shape index (κ1) is 14.6. The Morgan fingerprint density at radius 1 is 1.05 bits per heavy atom. The lowest BCUT2D eigenvalue weighted by Gasteiger charge is -2.41. The second-order valence-electron chi connectivity index (χ2n) is 6.58. The molecule has 0 radical (unpaired) electrons. The number of halogens is 1. The lowest BCUT2D eigenvalue weighted by atomic mass is 9.63. The van der Waals surface area contributed by atoms with Crippen LogP contribution in [0.25, 0.3) is 0 Å². The number of hydrogen-bond acceptors (Lipinski definition) is 1. The van der Waals surface area contributed by atoms with Crippen molar-refractivity contribution in [2.75, 3.05) is 0 Å². The van der Waals surface area contributed by atoms with E-state index in [0.29, 0.717) is 5.56 Å². The molecule has 21 heavy (non-hydrogen) atoms. The highest BCUT2D eigenvalue weighted by molar-refractivity contribution is 5.89. The van der Waals surface area contributed by atoms with Gasteiger partial charge >= 0.3 is 0 Å². The molecule has 2 aliphatic carbocycles. The van der Waals surface area contributed by atoms with Crippen molar-refractivity contribution in [3.8, 4) is 0 Å². The van der Waals surface area contributed by atoms with E-state index < -0.39 is 5.41 Å². The zero-order valence-corrected chi connectivity index (χ0v) is 12.5. The normalized spacial score (nSPS) is 22.1. The third kappa shape index (κ3) is 2.83. The molecular weight excluding hydrogens is 265 g/mol. The van der Waals surface area contributed by atoms with E-state index in [1.165, 1.54) is 31.7 Å². The van der Waals surface area contributed by atoms with Crippen molar-refractivity contribution >= 4 is 5.91 Å². The molecule has 3 heteroatoms. The first-order valence-corrected chi connectivity index (χ1v) is 8.28. The average molecular weight is 289 g/mol. The Labute approximate surface area is 126 Å². The summed E-state index contributed by atoms with van der Waals surface area (Å²) in [5.74, 6) is -0.195. The van der Waals surface area contributed by atoms with Gasteiger partial charge in [-0.15, -0.1) is 0 Å². The van der Waals surface area contributed by atoms with Crippen LogP contribution >= 0.6 is 0 Å². The summed E-state index contributed by atoms with van der Waals surface area (Å²) in [4.78, 5) is 12.8. The summed E-state index contributed by atoms with van der Waals surface area (Å²) in [5.41, 5.74) is -0.0279. The average Bonchev–Trinajstić information content (AvgIpc) is 2.68. The van der Waals surface area contributed by atoms with Gasteiger partial charge in [0.1, 0.15) is 5.82 Å². The van der Waals surface area contributed by atoms with Crippen molar-refractivity contribution in [2.45, 2.75) is 69.2 Å². The Morgan fingerprint density at radius 2 is 1.71 bits per heavy atom. The molecule has 0 heterocycles. The largest absolute Gasteiger partial charge is 0.353 e. The molecule has 2 aliphatic rings. The molecular formula is C18H24FNO. The van der Waals surface area contributed by atoms with Crippen LogP contribution in [0, 0.1) is 5.82 Å². The van der Waals surface area contributed by atoms with Crippen LogP contribution < -0.4 is 5.32 Å². The van der Waals surface area contributed by atoms with Gasteiger partial charge in [-0.05, 0) is 31.7 Å². The number of benzene rings is 1. The van der Waals surface area contributed by atoms with Gasteiger partial charge in [0, 0.05) is 11.6 Å². The molecule has 0 aliphatic heterocycles. The highest BCUT2D eigenvalue weighted by atomic mass is 19.1. The third-order valence-electron chi connectivity index (χ3n) is 5.22. The van der Waals surface area contributed by atoms with Crippen molar-refractivity contribution in [3.05, 3.63) is 35.6 Å². The standard InChI is InChI=1S/C18H24FNO/c19-16-11-6-5-10-15(16)18(12-7-13-18)17(21)20-14-8-3-1-2-4-9-14/h5-6,10-11,14H,1-4,7-9,12-13H2,(H,20,21). The van der Waals surface area contributed by atoms with E-state index >= 15 is 0 Å². The molecule has 114 valence electrons. The molecule has 2 saturated carbocycles. The maximum absolute atomic E-state index is 14.1. The molecule has 2 fully saturated rings. The molecule has 0 unspecified atom stereocenters. The zero-order chi connectivity index (χ0) is 14.7. The highest BCUT2D eigenvalue weighted by Crippen LogP contribution is 2.45. The summed E-state index contributed by atoms with van der Waals surface area (Å²) >= 11 is 0. The number of carbonyl (C=O) groups excluding carboxylic acids is 1. The molecule has 0 atom stereocenters. The van der Waals surface area contributed by atoms with Crippen molar-refractivity contribution < 1.29 is 9.18 Å². The molecule has 1 aromatic rings. The molecule has 0 spiro atoms. The number of amides is 1. The predicted molar refractivity (Wildman–Crippen MR) is 81.6 cm³/mol. The van der Waals surface area contributed by atoms with Crippen LogP contribution in [0.2, 0.25) is 0 Å². The topological polar surface area (TPSA) is 29.1 Å². The first-order valence-electron chi connectivity index (χ1n) is 8.28. The Bertz CT molecular complexity index is 502. The minimum absolute atomic E-state index is 0.0470. The summed E-state index contributed by atoms with van der Waals surface area (Å²) < 4.78 is 14.1. The molecule has 0 bridgehead atoms. The summed E-state index contributed by atoms with van der Waals surface area (Å²) in [5, 5.41) is 3.22. The highest BCUT2D eigenvalue weighted by Gasteiger charge is 2.47. The fraction of sp³-hybridized carbons (Fsp3) is 0.611. The van der Waals surface area contributed by atoms with Crippen LogP contribution in [0.15, 0.2) is 24.3 Å². The van der Waals surface area contributed by atoms with Crippen LogP contribution in [-0.4, -0.2) is 11.9 Å². The Balaban J connectivity index is 1.76. The number of rotatable bonds is 3. The predicted octanol–water partition coefficient (Wildman–Crippen LogP) is 4.09. The van der Waals surface area contributed by atoms with E-state index in [-0.39, 0.29) is 17.8 Å². The van der Waals surface area contributed by atoms with E-state index in [4.69, 9.17) is 0 Å². The van der Waals surface area contributed by atoms with Gasteiger partial charge in [0.25, 0.3) is 0 Å². The van der Waals surface area contributed by atoms with Crippen LogP contribution in [0.5, 0.6) is 0 Å². The Kier molecular flexibility index (Phi) is 4.27. The van der Waals surface area contributed by atoms with Gasteiger partial charge in [-0.25, -0.2) is 4.39 Å². The summed E-state index contributed by atoms with van der Waals surface area (Å²) in [6.45, 7) is 0. The molecule has 1 amide bonds. The molecule has 3 rings (SSSR count). The van der Waals surface area contributed by atoms with Crippen LogP contribution in [0.4, 0.5) is 4.39 Å². The van der Waals surface area contributed by atoms with Gasteiger partial charge in [0.05, 0.1) is 5.41 Å². The zero-order valence-electron chi connectivity index (χ0n) is 12.5. The Hall–Kier alpha value is -1.38. The van der Waals surface area contributed by atoms with E-state index in [2.05, 4.69) is 5.32 Å². The van der Waals surface area contributed by atoms with E-state index in [1.807, 2.05) is 6.07 Å². The van der Waals surface area contributed by atoms with E-state index in [9.17, 15) is 9.18 Å². The number of hydrogen-bond donors (Lipinski definition) is 1. The van der Waals surface area contributed by atoms with Crippen molar-refractivity contribution in [2.24, 2.45) is 0 Å². The summed E-state index contributed by atoms with van der Waals surface area (Å²) in [7, 11) is 0. The van der Waals surface area contributed by atoms with Gasteiger partial charge in [-0.3, -0.25) is 4.79 Å². The summed E-state index contributed by atoms with van der Waals surface area (Å²) in [6, 6.07) is 7.05. The second-order valence-corrected chi connectivity index (χ2v) is 6.58. The quantitative estimate of drug-likeness (QED) is 0.834.